The lowest BCUT2D eigenvalue weighted by Gasteiger charge is -2.36. The van der Waals surface area contributed by atoms with E-state index < -0.39 is 11.9 Å². The van der Waals surface area contributed by atoms with Crippen molar-refractivity contribution in [2.24, 2.45) is 11.1 Å². The molecule has 1 aromatic carbocycles. The molecule has 5 nitrogen and oxygen atoms in total. The number of carboxylic acids is 1. The van der Waals surface area contributed by atoms with Crippen LogP contribution in [0.1, 0.15) is 48.9 Å². The Morgan fingerprint density at radius 2 is 1.76 bits per heavy atom. The molecular formula is C16H22N2O3. The summed E-state index contributed by atoms with van der Waals surface area (Å²) < 4.78 is 0. The van der Waals surface area contributed by atoms with Crippen LogP contribution in [0.4, 0.5) is 5.69 Å². The van der Waals surface area contributed by atoms with Gasteiger partial charge in [0.1, 0.15) is 0 Å². The van der Waals surface area contributed by atoms with Crippen LogP contribution in [0.5, 0.6) is 0 Å². The molecule has 0 unspecified atom stereocenters. The van der Waals surface area contributed by atoms with E-state index in [1.54, 1.807) is 24.3 Å². The van der Waals surface area contributed by atoms with Gasteiger partial charge in [-0.05, 0) is 42.5 Å². The third-order valence-corrected chi connectivity index (χ3v) is 4.28. The van der Waals surface area contributed by atoms with E-state index in [9.17, 15) is 9.59 Å². The van der Waals surface area contributed by atoms with E-state index in [2.05, 4.69) is 5.32 Å². The normalized spacial score (nSPS) is 17.1. The van der Waals surface area contributed by atoms with Crippen LogP contribution in [0.3, 0.4) is 0 Å². The smallest absolute Gasteiger partial charge is 0.303 e. The van der Waals surface area contributed by atoms with Crippen molar-refractivity contribution < 1.29 is 14.7 Å². The number of aliphatic carboxylic acids is 1. The summed E-state index contributed by atoms with van der Waals surface area (Å²) in [5, 5.41) is 12.5. The number of rotatable bonds is 6. The van der Waals surface area contributed by atoms with Gasteiger partial charge in [0.25, 0.3) is 0 Å². The minimum Gasteiger partial charge on any atom is -0.481 e. The Balaban J connectivity index is 2.00. The second kappa shape index (κ2) is 6.61. The largest absolute Gasteiger partial charge is 0.481 e. The number of primary amides is 1. The number of anilines is 1. The summed E-state index contributed by atoms with van der Waals surface area (Å²) in [7, 11) is 0. The van der Waals surface area contributed by atoms with Crippen molar-refractivity contribution >= 4 is 17.6 Å². The van der Waals surface area contributed by atoms with Crippen LogP contribution in [0.25, 0.3) is 0 Å². The predicted octanol–water partition coefficient (Wildman–Crippen LogP) is 2.62. The summed E-state index contributed by atoms with van der Waals surface area (Å²) in [6.07, 6.45) is 5.48. The maximum absolute atomic E-state index is 11.1. The first-order chi connectivity index (χ1) is 10.0. The Morgan fingerprint density at radius 1 is 1.14 bits per heavy atom. The van der Waals surface area contributed by atoms with Crippen molar-refractivity contribution in [1.82, 2.24) is 0 Å². The van der Waals surface area contributed by atoms with Gasteiger partial charge >= 0.3 is 5.97 Å². The number of benzene rings is 1. The van der Waals surface area contributed by atoms with Crippen molar-refractivity contribution in [2.75, 3.05) is 11.9 Å². The van der Waals surface area contributed by atoms with Crippen LogP contribution in [-0.2, 0) is 4.79 Å². The summed E-state index contributed by atoms with van der Waals surface area (Å²) in [4.78, 5) is 22.2. The van der Waals surface area contributed by atoms with Crippen molar-refractivity contribution in [2.45, 2.75) is 38.5 Å². The number of hydrogen-bond acceptors (Lipinski definition) is 3. The van der Waals surface area contributed by atoms with Gasteiger partial charge in [-0.1, -0.05) is 19.3 Å². The lowest BCUT2D eigenvalue weighted by Crippen LogP contribution is -2.34. The molecule has 4 N–H and O–H groups in total. The molecule has 0 saturated heterocycles. The number of amides is 1. The second-order valence-electron chi connectivity index (χ2n) is 5.93. The molecule has 0 atom stereocenters. The first kappa shape index (κ1) is 15.4. The van der Waals surface area contributed by atoms with Gasteiger partial charge in [0, 0.05) is 17.8 Å². The van der Waals surface area contributed by atoms with Gasteiger partial charge in [0.2, 0.25) is 5.91 Å². The van der Waals surface area contributed by atoms with Gasteiger partial charge in [0.15, 0.2) is 0 Å². The van der Waals surface area contributed by atoms with Crippen molar-refractivity contribution in [1.29, 1.82) is 0 Å². The molecule has 114 valence electrons. The zero-order valence-electron chi connectivity index (χ0n) is 12.1. The summed E-state index contributed by atoms with van der Waals surface area (Å²) in [5.41, 5.74) is 6.40. The quantitative estimate of drug-likeness (QED) is 0.751. The highest BCUT2D eigenvalue weighted by molar-refractivity contribution is 5.93. The molecule has 1 aliphatic rings. The molecule has 2 rings (SSSR count). The maximum atomic E-state index is 11.1. The summed E-state index contributed by atoms with van der Waals surface area (Å²) in [5.74, 6) is -1.18. The number of nitrogens with two attached hydrogens (primary N) is 1. The highest BCUT2D eigenvalue weighted by atomic mass is 16.4. The molecular weight excluding hydrogens is 268 g/mol. The van der Waals surface area contributed by atoms with Gasteiger partial charge in [-0.15, -0.1) is 0 Å². The van der Waals surface area contributed by atoms with Gasteiger partial charge in [-0.25, -0.2) is 0 Å². The number of nitrogens with one attached hydrogen (secondary N) is 1. The molecule has 1 amide bonds. The fourth-order valence-corrected chi connectivity index (χ4v) is 3.08. The Kier molecular flexibility index (Phi) is 4.83. The minimum atomic E-state index is -0.734. The standard InChI is InChI=1S/C16H22N2O3/c17-15(21)12-4-6-13(7-5-12)18-11-16(10-14(19)20)8-2-1-3-9-16/h4-7,18H,1-3,8-11H2,(H2,17,21)(H,19,20). The molecule has 21 heavy (non-hydrogen) atoms. The summed E-state index contributed by atoms with van der Waals surface area (Å²) in [6, 6.07) is 6.96. The lowest BCUT2D eigenvalue weighted by molar-refractivity contribution is -0.140. The van der Waals surface area contributed by atoms with Crippen LogP contribution in [0.2, 0.25) is 0 Å². The van der Waals surface area contributed by atoms with E-state index in [0.717, 1.165) is 31.4 Å². The Morgan fingerprint density at radius 3 is 2.29 bits per heavy atom. The number of hydrogen-bond donors (Lipinski definition) is 3. The van der Waals surface area contributed by atoms with Crippen LogP contribution in [-0.4, -0.2) is 23.5 Å². The second-order valence-corrected chi connectivity index (χ2v) is 5.93. The first-order valence-electron chi connectivity index (χ1n) is 7.36. The number of carbonyl (C=O) groups is 2. The SMILES string of the molecule is NC(=O)c1ccc(NCC2(CC(=O)O)CCCCC2)cc1. The predicted molar refractivity (Wildman–Crippen MR) is 81.2 cm³/mol. The summed E-state index contributed by atoms with van der Waals surface area (Å²) in [6.45, 7) is 0.648. The monoisotopic (exact) mass is 290 g/mol. The van der Waals surface area contributed by atoms with E-state index in [1.165, 1.54) is 6.42 Å². The highest BCUT2D eigenvalue weighted by Crippen LogP contribution is 2.39. The molecule has 5 heteroatoms. The zero-order chi connectivity index (χ0) is 15.3. The molecule has 0 heterocycles. The molecule has 0 radical (unpaired) electrons. The van der Waals surface area contributed by atoms with Crippen molar-refractivity contribution in [3.05, 3.63) is 29.8 Å². The van der Waals surface area contributed by atoms with Crippen LogP contribution in [0.15, 0.2) is 24.3 Å². The molecule has 1 fully saturated rings. The molecule has 0 aromatic heterocycles. The minimum absolute atomic E-state index is 0.160. The fourth-order valence-electron chi connectivity index (χ4n) is 3.08. The fraction of sp³-hybridized carbons (Fsp3) is 0.500. The van der Waals surface area contributed by atoms with Gasteiger partial charge in [-0.3, -0.25) is 9.59 Å². The van der Waals surface area contributed by atoms with Crippen LogP contribution < -0.4 is 11.1 Å². The van der Waals surface area contributed by atoms with Crippen molar-refractivity contribution in [3.8, 4) is 0 Å². The topological polar surface area (TPSA) is 92.4 Å². The van der Waals surface area contributed by atoms with Crippen molar-refractivity contribution in [3.63, 3.8) is 0 Å². The van der Waals surface area contributed by atoms with Gasteiger partial charge in [0.05, 0.1) is 6.42 Å². The van der Waals surface area contributed by atoms with Crippen LogP contribution in [0, 0.1) is 5.41 Å². The third-order valence-electron chi connectivity index (χ3n) is 4.28. The average molecular weight is 290 g/mol. The molecule has 0 spiro atoms. The van der Waals surface area contributed by atoms with Gasteiger partial charge < -0.3 is 16.2 Å². The maximum Gasteiger partial charge on any atom is 0.303 e. The third kappa shape index (κ3) is 4.21. The average Bonchev–Trinajstić information content (AvgIpc) is 2.46. The lowest BCUT2D eigenvalue weighted by atomic mass is 9.71. The molecule has 1 aromatic rings. The van der Waals surface area contributed by atoms with E-state index in [1.807, 2.05) is 0 Å². The van der Waals surface area contributed by atoms with Crippen LogP contribution >= 0.6 is 0 Å². The Bertz CT molecular complexity index is 505. The molecule has 1 saturated carbocycles. The van der Waals surface area contributed by atoms with Gasteiger partial charge in [-0.2, -0.15) is 0 Å². The molecule has 0 bridgehead atoms. The zero-order valence-corrected chi connectivity index (χ0v) is 12.1. The Hall–Kier alpha value is -2.04. The Labute approximate surface area is 124 Å². The number of carbonyl (C=O) groups excluding carboxylic acids is 1. The van der Waals surface area contributed by atoms with E-state index in [-0.39, 0.29) is 11.8 Å². The summed E-state index contributed by atoms with van der Waals surface area (Å²) >= 11 is 0. The highest BCUT2D eigenvalue weighted by Gasteiger charge is 2.34. The molecule has 1 aliphatic carbocycles. The number of carboxylic acid groups (broad SMARTS) is 1. The molecule has 0 aliphatic heterocycles. The van der Waals surface area contributed by atoms with E-state index in [4.69, 9.17) is 10.8 Å². The first-order valence-corrected chi connectivity index (χ1v) is 7.36. The van der Waals surface area contributed by atoms with E-state index >= 15 is 0 Å². The van der Waals surface area contributed by atoms with E-state index in [0.29, 0.717) is 12.1 Å².